The minimum atomic E-state index is -0.417. The van der Waals surface area contributed by atoms with Gasteiger partial charge in [0, 0.05) is 18.8 Å². The van der Waals surface area contributed by atoms with Crippen LogP contribution in [0.3, 0.4) is 0 Å². The molecule has 1 saturated heterocycles. The molecule has 1 amide bonds. The Morgan fingerprint density at radius 3 is 2.32 bits per heavy atom. The Morgan fingerprint density at radius 1 is 1.05 bits per heavy atom. The summed E-state index contributed by atoms with van der Waals surface area (Å²) in [6, 6.07) is 8.38. The number of nitrogens with zero attached hydrogens (tertiary/aromatic N) is 1. The Morgan fingerprint density at radius 2 is 1.68 bits per heavy atom. The molecule has 2 fully saturated rings. The molecule has 0 spiro atoms. The molecule has 102 valence electrons. The van der Waals surface area contributed by atoms with Gasteiger partial charge in [-0.3, -0.25) is 4.79 Å². The van der Waals surface area contributed by atoms with E-state index in [2.05, 4.69) is 23.1 Å². The van der Waals surface area contributed by atoms with Gasteiger partial charge in [-0.1, -0.05) is 31.0 Å². The third-order valence-corrected chi connectivity index (χ3v) is 4.80. The van der Waals surface area contributed by atoms with E-state index in [9.17, 15) is 4.79 Å². The minimum Gasteiger partial charge on any atom is -0.371 e. The average Bonchev–Trinajstić information content (AvgIpc) is 3.11. The minimum absolute atomic E-state index is 0.142. The molecule has 0 unspecified atom stereocenters. The molecule has 1 aromatic carbocycles. The summed E-state index contributed by atoms with van der Waals surface area (Å²) in [5, 5.41) is 0. The summed E-state index contributed by atoms with van der Waals surface area (Å²) >= 11 is 0. The number of carbonyl (C=O) groups is 1. The van der Waals surface area contributed by atoms with E-state index >= 15 is 0 Å². The van der Waals surface area contributed by atoms with Crippen LogP contribution < -0.4 is 10.6 Å². The second kappa shape index (κ2) is 4.87. The zero-order chi connectivity index (χ0) is 13.3. The summed E-state index contributed by atoms with van der Waals surface area (Å²) in [6.07, 6.45) is 6.53. The van der Waals surface area contributed by atoms with E-state index in [0.29, 0.717) is 0 Å². The normalized spacial score (nSPS) is 21.8. The van der Waals surface area contributed by atoms with Crippen molar-refractivity contribution in [1.29, 1.82) is 0 Å². The Bertz CT molecular complexity index is 471. The summed E-state index contributed by atoms with van der Waals surface area (Å²) in [5.74, 6) is -0.142. The fourth-order valence-corrected chi connectivity index (χ4v) is 3.74. The van der Waals surface area contributed by atoms with Gasteiger partial charge in [-0.15, -0.1) is 0 Å². The van der Waals surface area contributed by atoms with Crippen LogP contribution in [0.15, 0.2) is 24.3 Å². The smallest absolute Gasteiger partial charge is 0.228 e. The van der Waals surface area contributed by atoms with E-state index in [1.165, 1.54) is 24.1 Å². The highest BCUT2D eigenvalue weighted by Crippen LogP contribution is 2.45. The highest BCUT2D eigenvalue weighted by Gasteiger charge is 2.43. The molecule has 1 aliphatic carbocycles. The molecular weight excluding hydrogens is 236 g/mol. The predicted octanol–water partition coefficient (Wildman–Crippen LogP) is 2.58. The van der Waals surface area contributed by atoms with Crippen LogP contribution in [-0.2, 0) is 10.2 Å². The lowest BCUT2D eigenvalue weighted by molar-refractivity contribution is -0.123. The molecule has 19 heavy (non-hydrogen) atoms. The van der Waals surface area contributed by atoms with Crippen molar-refractivity contribution < 1.29 is 4.79 Å². The van der Waals surface area contributed by atoms with Crippen molar-refractivity contribution in [3.8, 4) is 0 Å². The van der Waals surface area contributed by atoms with Crippen molar-refractivity contribution in [3.63, 3.8) is 0 Å². The molecule has 1 aliphatic heterocycles. The first kappa shape index (κ1) is 12.5. The van der Waals surface area contributed by atoms with Crippen molar-refractivity contribution >= 4 is 11.6 Å². The van der Waals surface area contributed by atoms with Crippen LogP contribution in [0.2, 0.25) is 0 Å². The van der Waals surface area contributed by atoms with E-state index in [-0.39, 0.29) is 5.91 Å². The summed E-state index contributed by atoms with van der Waals surface area (Å²) in [7, 11) is 0. The Labute approximate surface area is 114 Å². The van der Waals surface area contributed by atoms with Crippen LogP contribution in [0.4, 0.5) is 5.69 Å². The predicted molar refractivity (Wildman–Crippen MR) is 77.2 cm³/mol. The SMILES string of the molecule is NC(=O)C1(c2ccccc2N2CCCC2)CCCC1. The van der Waals surface area contributed by atoms with Crippen LogP contribution in [-0.4, -0.2) is 19.0 Å². The van der Waals surface area contributed by atoms with Crippen LogP contribution in [0, 0.1) is 0 Å². The Kier molecular flexibility index (Phi) is 3.21. The summed E-state index contributed by atoms with van der Waals surface area (Å²) in [6.45, 7) is 2.21. The summed E-state index contributed by atoms with van der Waals surface area (Å²) in [5.41, 5.74) is 7.76. The maximum Gasteiger partial charge on any atom is 0.228 e. The molecule has 0 bridgehead atoms. The van der Waals surface area contributed by atoms with Crippen LogP contribution in [0.1, 0.15) is 44.1 Å². The maximum atomic E-state index is 12.1. The van der Waals surface area contributed by atoms with Crippen molar-refractivity contribution in [2.75, 3.05) is 18.0 Å². The number of rotatable bonds is 3. The fraction of sp³-hybridized carbons (Fsp3) is 0.562. The topological polar surface area (TPSA) is 46.3 Å². The van der Waals surface area contributed by atoms with E-state index in [4.69, 9.17) is 5.73 Å². The monoisotopic (exact) mass is 258 g/mol. The largest absolute Gasteiger partial charge is 0.371 e. The third-order valence-electron chi connectivity index (χ3n) is 4.80. The molecule has 1 heterocycles. The van der Waals surface area contributed by atoms with E-state index in [0.717, 1.165) is 38.8 Å². The molecule has 0 aromatic heterocycles. The fourth-order valence-electron chi connectivity index (χ4n) is 3.74. The second-order valence-corrected chi connectivity index (χ2v) is 5.86. The third kappa shape index (κ3) is 2.01. The lowest BCUT2D eigenvalue weighted by Crippen LogP contribution is -2.40. The lowest BCUT2D eigenvalue weighted by Gasteiger charge is -2.31. The number of amides is 1. The van der Waals surface area contributed by atoms with Gasteiger partial charge in [-0.2, -0.15) is 0 Å². The summed E-state index contributed by atoms with van der Waals surface area (Å²) in [4.78, 5) is 14.5. The van der Waals surface area contributed by atoms with Gasteiger partial charge >= 0.3 is 0 Å². The first-order valence-electron chi connectivity index (χ1n) is 7.38. The molecule has 1 aromatic rings. The zero-order valence-electron chi connectivity index (χ0n) is 11.4. The summed E-state index contributed by atoms with van der Waals surface area (Å²) < 4.78 is 0. The van der Waals surface area contributed by atoms with Crippen LogP contribution in [0.5, 0.6) is 0 Å². The van der Waals surface area contributed by atoms with Crippen molar-refractivity contribution in [2.24, 2.45) is 5.73 Å². The van der Waals surface area contributed by atoms with E-state index in [1.807, 2.05) is 6.07 Å². The molecule has 3 nitrogen and oxygen atoms in total. The quantitative estimate of drug-likeness (QED) is 0.905. The number of nitrogens with two attached hydrogens (primary N) is 1. The standard InChI is InChI=1S/C16H22N2O/c17-15(19)16(9-3-4-10-16)13-7-1-2-8-14(13)18-11-5-6-12-18/h1-2,7-8H,3-6,9-12H2,(H2,17,19). The Balaban J connectivity index is 2.05. The van der Waals surface area contributed by atoms with Gasteiger partial charge < -0.3 is 10.6 Å². The zero-order valence-corrected chi connectivity index (χ0v) is 11.4. The van der Waals surface area contributed by atoms with Crippen LogP contribution in [0.25, 0.3) is 0 Å². The number of carbonyl (C=O) groups excluding carboxylic acids is 1. The highest BCUT2D eigenvalue weighted by atomic mass is 16.1. The van der Waals surface area contributed by atoms with Gasteiger partial charge in [0.2, 0.25) is 5.91 Å². The molecule has 3 rings (SSSR count). The average molecular weight is 258 g/mol. The van der Waals surface area contributed by atoms with Gasteiger partial charge in [0.1, 0.15) is 0 Å². The highest BCUT2D eigenvalue weighted by molar-refractivity contribution is 5.89. The van der Waals surface area contributed by atoms with Gasteiger partial charge in [-0.25, -0.2) is 0 Å². The van der Waals surface area contributed by atoms with Gasteiger partial charge in [0.15, 0.2) is 0 Å². The molecule has 0 atom stereocenters. The first-order valence-corrected chi connectivity index (χ1v) is 7.38. The van der Waals surface area contributed by atoms with Gasteiger partial charge in [-0.05, 0) is 37.3 Å². The number of benzene rings is 1. The number of para-hydroxylation sites is 1. The van der Waals surface area contributed by atoms with E-state index in [1.54, 1.807) is 0 Å². The lowest BCUT2D eigenvalue weighted by atomic mass is 9.77. The molecule has 2 aliphatic rings. The molecule has 0 radical (unpaired) electrons. The second-order valence-electron chi connectivity index (χ2n) is 5.86. The van der Waals surface area contributed by atoms with Crippen molar-refractivity contribution in [2.45, 2.75) is 43.9 Å². The molecular formula is C16H22N2O. The van der Waals surface area contributed by atoms with Gasteiger partial charge in [0.25, 0.3) is 0 Å². The number of hydrogen-bond acceptors (Lipinski definition) is 2. The van der Waals surface area contributed by atoms with Crippen LogP contribution >= 0.6 is 0 Å². The van der Waals surface area contributed by atoms with E-state index < -0.39 is 5.41 Å². The maximum absolute atomic E-state index is 12.1. The number of primary amides is 1. The van der Waals surface area contributed by atoms with Crippen molar-refractivity contribution in [3.05, 3.63) is 29.8 Å². The molecule has 1 saturated carbocycles. The number of hydrogen-bond donors (Lipinski definition) is 1. The number of anilines is 1. The Hall–Kier alpha value is -1.51. The molecule has 2 N–H and O–H groups in total. The first-order chi connectivity index (χ1) is 9.24. The van der Waals surface area contributed by atoms with Gasteiger partial charge in [0.05, 0.1) is 5.41 Å². The molecule has 3 heteroatoms. The van der Waals surface area contributed by atoms with Crippen molar-refractivity contribution in [1.82, 2.24) is 0 Å².